The second-order valence-electron chi connectivity index (χ2n) is 20.9. The van der Waals surface area contributed by atoms with Gasteiger partial charge in [-0.25, -0.2) is 0 Å². The highest BCUT2D eigenvalue weighted by atomic mass is 31.2. The van der Waals surface area contributed by atoms with Crippen LogP contribution in [-0.2, 0) is 18.4 Å². The Balaban J connectivity index is 4.31. The van der Waals surface area contributed by atoms with Gasteiger partial charge in [0.05, 0.1) is 39.9 Å². The molecule has 0 aliphatic carbocycles. The lowest BCUT2D eigenvalue weighted by Gasteiger charge is -2.29. The van der Waals surface area contributed by atoms with Crippen molar-refractivity contribution < 1.29 is 32.9 Å². The van der Waals surface area contributed by atoms with Crippen molar-refractivity contribution in [1.82, 2.24) is 5.32 Å². The van der Waals surface area contributed by atoms with Gasteiger partial charge in [0.15, 0.2) is 0 Å². The molecule has 3 unspecified atom stereocenters. The van der Waals surface area contributed by atoms with Crippen molar-refractivity contribution in [3.8, 4) is 0 Å². The SMILES string of the molecule is CC/C=C\C/C=C\C/C=C\C/C=C\C/C=C\CCCCCCCC(=O)NC(COP(=O)([O-])OCC[N+](C)(C)C)C(O)/C=C/CC/C=C/CC/C=C/CCCCCCCCCCCCCCCCCCCCC. The number of hydrogen-bond donors (Lipinski definition) is 2. The number of rotatable bonds is 53. The van der Waals surface area contributed by atoms with E-state index in [9.17, 15) is 19.4 Å². The molecule has 0 saturated carbocycles. The van der Waals surface area contributed by atoms with Crippen LogP contribution in [-0.4, -0.2) is 68.5 Å². The molecule has 72 heavy (non-hydrogen) atoms. The van der Waals surface area contributed by atoms with Crippen LogP contribution >= 0.6 is 7.82 Å². The van der Waals surface area contributed by atoms with E-state index in [0.717, 1.165) is 96.3 Å². The van der Waals surface area contributed by atoms with Gasteiger partial charge in [-0.05, 0) is 89.9 Å². The Morgan fingerprint density at radius 2 is 0.861 bits per heavy atom. The van der Waals surface area contributed by atoms with Gasteiger partial charge in [0.25, 0.3) is 7.82 Å². The number of carbonyl (C=O) groups is 1. The summed E-state index contributed by atoms with van der Waals surface area (Å²) in [6.07, 6.45) is 76.4. The summed E-state index contributed by atoms with van der Waals surface area (Å²) in [7, 11) is 1.21. The molecule has 0 radical (unpaired) electrons. The van der Waals surface area contributed by atoms with E-state index in [2.05, 4.69) is 104 Å². The summed E-state index contributed by atoms with van der Waals surface area (Å²) in [6.45, 7) is 4.50. The second kappa shape index (κ2) is 53.3. The average Bonchev–Trinajstić information content (AvgIpc) is 3.34. The van der Waals surface area contributed by atoms with Gasteiger partial charge in [-0.2, -0.15) is 0 Å². The third-order valence-electron chi connectivity index (χ3n) is 12.8. The number of nitrogens with one attached hydrogen (secondary N) is 1. The topological polar surface area (TPSA) is 108 Å². The Labute approximate surface area is 445 Å². The lowest BCUT2D eigenvalue weighted by molar-refractivity contribution is -0.870. The molecule has 0 heterocycles. The third kappa shape index (κ3) is 55.2. The fourth-order valence-corrected chi connectivity index (χ4v) is 8.88. The molecule has 0 aromatic rings. The number of unbranched alkanes of at least 4 members (excludes halogenated alkanes) is 26. The fraction of sp³-hybridized carbons (Fsp3) is 0.730. The van der Waals surface area contributed by atoms with E-state index in [0.29, 0.717) is 17.4 Å². The van der Waals surface area contributed by atoms with Gasteiger partial charge in [0.1, 0.15) is 13.2 Å². The second-order valence-corrected chi connectivity index (χ2v) is 22.4. The number of aliphatic hydroxyl groups is 1. The summed E-state index contributed by atoms with van der Waals surface area (Å²) in [6, 6.07) is -0.928. The van der Waals surface area contributed by atoms with E-state index in [1.165, 1.54) is 128 Å². The monoisotopic (exact) mass is 1020 g/mol. The van der Waals surface area contributed by atoms with Gasteiger partial charge in [-0.15, -0.1) is 0 Å². The first-order valence-corrected chi connectivity index (χ1v) is 31.1. The lowest BCUT2D eigenvalue weighted by atomic mass is 10.0. The summed E-state index contributed by atoms with van der Waals surface area (Å²) >= 11 is 0. The summed E-state index contributed by atoms with van der Waals surface area (Å²) in [5.74, 6) is -0.232. The number of amides is 1. The van der Waals surface area contributed by atoms with Crippen LogP contribution in [0.15, 0.2) is 97.2 Å². The maximum absolute atomic E-state index is 13.0. The number of phosphoric ester groups is 1. The van der Waals surface area contributed by atoms with E-state index >= 15 is 0 Å². The van der Waals surface area contributed by atoms with Gasteiger partial charge in [0.2, 0.25) is 5.91 Å². The molecule has 0 aliphatic rings. The van der Waals surface area contributed by atoms with E-state index in [1.54, 1.807) is 6.08 Å². The first kappa shape index (κ1) is 69.4. The van der Waals surface area contributed by atoms with Crippen molar-refractivity contribution in [1.29, 1.82) is 0 Å². The van der Waals surface area contributed by atoms with Gasteiger partial charge in [0, 0.05) is 6.42 Å². The lowest BCUT2D eigenvalue weighted by Crippen LogP contribution is -2.45. The zero-order valence-corrected chi connectivity index (χ0v) is 48.2. The number of likely N-dealkylation sites (N-methyl/N-ethyl adjacent to an activating group) is 1. The number of phosphoric acid groups is 1. The Hall–Kier alpha value is -2.58. The molecule has 416 valence electrons. The number of allylic oxidation sites excluding steroid dienone is 15. The predicted octanol–water partition coefficient (Wildman–Crippen LogP) is 17.6. The van der Waals surface area contributed by atoms with Gasteiger partial charge < -0.3 is 28.8 Å². The molecule has 0 aliphatic heterocycles. The molecule has 0 aromatic carbocycles. The van der Waals surface area contributed by atoms with E-state index < -0.39 is 26.6 Å². The number of aliphatic hydroxyl groups excluding tert-OH is 1. The Bertz CT molecular complexity index is 1490. The molecule has 0 rings (SSSR count). The molecule has 1 amide bonds. The first-order valence-electron chi connectivity index (χ1n) is 29.6. The highest BCUT2D eigenvalue weighted by molar-refractivity contribution is 7.45. The van der Waals surface area contributed by atoms with E-state index in [4.69, 9.17) is 9.05 Å². The van der Waals surface area contributed by atoms with Crippen molar-refractivity contribution in [2.45, 2.75) is 257 Å². The van der Waals surface area contributed by atoms with Crippen LogP contribution in [0.2, 0.25) is 0 Å². The largest absolute Gasteiger partial charge is 0.756 e. The summed E-state index contributed by atoms with van der Waals surface area (Å²) in [5.41, 5.74) is 0. The molecule has 8 nitrogen and oxygen atoms in total. The van der Waals surface area contributed by atoms with E-state index in [-0.39, 0.29) is 12.5 Å². The molecule has 9 heteroatoms. The summed E-state index contributed by atoms with van der Waals surface area (Å²) < 4.78 is 23.3. The maximum atomic E-state index is 13.0. The molecule has 0 aromatic heterocycles. The smallest absolute Gasteiger partial charge is 0.268 e. The zero-order chi connectivity index (χ0) is 52.7. The van der Waals surface area contributed by atoms with Crippen LogP contribution in [0.25, 0.3) is 0 Å². The molecule has 3 atom stereocenters. The molecule has 2 N–H and O–H groups in total. The third-order valence-corrected chi connectivity index (χ3v) is 13.7. The van der Waals surface area contributed by atoms with Crippen molar-refractivity contribution >= 4 is 13.7 Å². The van der Waals surface area contributed by atoms with Crippen LogP contribution in [0.1, 0.15) is 245 Å². The number of carbonyl (C=O) groups excluding carboxylic acids is 1. The molecule has 0 bridgehead atoms. The van der Waals surface area contributed by atoms with Crippen molar-refractivity contribution in [3.05, 3.63) is 97.2 Å². The summed E-state index contributed by atoms with van der Waals surface area (Å²) in [5, 5.41) is 13.9. The standard InChI is InChI=1S/C63H113N2O6P/c1-6-8-10-12-14-16-18-20-22-24-26-28-29-30-31-32-33-34-35-37-38-40-42-44-46-48-50-52-54-56-62(66)61(60-71-72(68,69)70-59-58-65(3,4)5)64-63(67)57-55-53-51-49-47-45-43-41-39-36-27-25-23-21-19-17-15-13-11-9-7-2/h9,11,15,17,21,23,27,36,38,40-41,43,46,48,54,56,61-62,66H,6-8,10,12-14,16,18-20,22,24-26,28-35,37,39,42,44-45,47,49-53,55,57-60H2,1-5H3,(H-,64,67,68,69)/b11-9-,17-15-,23-21-,36-27-,40-38+,43-41-,48-46+,56-54+. The van der Waals surface area contributed by atoms with Crippen LogP contribution in [0.5, 0.6) is 0 Å². The molecular formula is C63H113N2O6P. The molecule has 0 saturated heterocycles. The molecule has 0 spiro atoms. The minimum Gasteiger partial charge on any atom is -0.756 e. The minimum absolute atomic E-state index is 0.0183. The Morgan fingerprint density at radius 3 is 1.29 bits per heavy atom. The highest BCUT2D eigenvalue weighted by Gasteiger charge is 2.23. The fourth-order valence-electron chi connectivity index (χ4n) is 8.15. The van der Waals surface area contributed by atoms with Crippen LogP contribution in [0.3, 0.4) is 0 Å². The Morgan fingerprint density at radius 1 is 0.500 bits per heavy atom. The first-order chi connectivity index (χ1) is 35.0. The normalized spacial score (nSPS) is 14.6. The van der Waals surface area contributed by atoms with E-state index in [1.807, 2.05) is 27.2 Å². The quantitative estimate of drug-likeness (QED) is 0.0272. The zero-order valence-electron chi connectivity index (χ0n) is 47.4. The Kier molecular flexibility index (Phi) is 51.3. The van der Waals surface area contributed by atoms with Crippen LogP contribution < -0.4 is 10.2 Å². The van der Waals surface area contributed by atoms with Crippen molar-refractivity contribution in [2.24, 2.45) is 0 Å². The summed E-state index contributed by atoms with van der Waals surface area (Å²) in [4.78, 5) is 25.5. The van der Waals surface area contributed by atoms with Crippen LogP contribution in [0.4, 0.5) is 0 Å². The predicted molar refractivity (Wildman–Crippen MR) is 311 cm³/mol. The van der Waals surface area contributed by atoms with Crippen molar-refractivity contribution in [3.63, 3.8) is 0 Å². The van der Waals surface area contributed by atoms with Gasteiger partial charge >= 0.3 is 0 Å². The number of quaternary nitrogens is 1. The minimum atomic E-state index is -4.62. The molecular weight excluding hydrogens is 912 g/mol. The number of hydrogen-bond acceptors (Lipinski definition) is 6. The average molecular weight is 1030 g/mol. The highest BCUT2D eigenvalue weighted by Crippen LogP contribution is 2.38. The molecule has 0 fully saturated rings. The van der Waals surface area contributed by atoms with Gasteiger partial charge in [-0.1, -0.05) is 246 Å². The number of nitrogens with zero attached hydrogens (tertiary/aromatic N) is 1. The maximum Gasteiger partial charge on any atom is 0.268 e. The van der Waals surface area contributed by atoms with Crippen LogP contribution in [0, 0.1) is 0 Å². The van der Waals surface area contributed by atoms with Crippen molar-refractivity contribution in [2.75, 3.05) is 40.9 Å². The van der Waals surface area contributed by atoms with Gasteiger partial charge in [-0.3, -0.25) is 9.36 Å².